The van der Waals surface area contributed by atoms with Crippen molar-refractivity contribution < 1.29 is 19.5 Å². The van der Waals surface area contributed by atoms with Crippen LogP contribution < -0.4 is 25.8 Å². The van der Waals surface area contributed by atoms with E-state index in [1.54, 1.807) is 66.4 Å². The largest absolute Gasteiger partial charge is 0.487 e. The molecule has 0 atom stereocenters. The third kappa shape index (κ3) is 4.98. The Morgan fingerprint density at radius 1 is 0.917 bits per heavy atom. The zero-order chi connectivity index (χ0) is 24.9. The molecule has 1 aliphatic rings. The van der Waals surface area contributed by atoms with Crippen molar-refractivity contribution >= 4 is 29.0 Å². The molecular formula is C26H24N6O4. The fourth-order valence-electron chi connectivity index (χ4n) is 4.03. The summed E-state index contributed by atoms with van der Waals surface area (Å²) in [5, 5.41) is 14.7. The minimum atomic E-state index is -0.573. The molecule has 1 fully saturated rings. The van der Waals surface area contributed by atoms with Gasteiger partial charge in [0.25, 0.3) is 5.91 Å². The van der Waals surface area contributed by atoms with E-state index in [9.17, 15) is 14.8 Å². The molecule has 4 aromatic rings. The number of hydroxylamine groups is 1. The maximum absolute atomic E-state index is 12.3. The molecule has 0 bridgehead atoms. The highest BCUT2D eigenvalue weighted by Gasteiger charge is 2.31. The van der Waals surface area contributed by atoms with E-state index in [1.807, 2.05) is 35.2 Å². The van der Waals surface area contributed by atoms with Crippen molar-refractivity contribution in [2.24, 2.45) is 0 Å². The predicted molar refractivity (Wildman–Crippen MR) is 135 cm³/mol. The molecule has 10 heteroatoms. The van der Waals surface area contributed by atoms with Crippen LogP contribution in [0.2, 0.25) is 0 Å². The van der Waals surface area contributed by atoms with Crippen LogP contribution in [0, 0.1) is 0 Å². The number of ether oxygens (including phenoxy) is 1. The Balaban J connectivity index is 1.20. The quantitative estimate of drug-likeness (QED) is 0.233. The van der Waals surface area contributed by atoms with Crippen molar-refractivity contribution in [3.63, 3.8) is 0 Å². The van der Waals surface area contributed by atoms with Gasteiger partial charge in [-0.15, -0.1) is 0 Å². The first-order valence-electron chi connectivity index (χ1n) is 11.3. The van der Waals surface area contributed by atoms with Crippen LogP contribution in [-0.4, -0.2) is 45.9 Å². The van der Waals surface area contributed by atoms with Crippen LogP contribution in [0.15, 0.2) is 91.5 Å². The molecule has 0 saturated carbocycles. The predicted octanol–water partition coefficient (Wildman–Crippen LogP) is 3.90. The molecule has 5 rings (SSSR count). The first-order chi connectivity index (χ1) is 17.6. The van der Waals surface area contributed by atoms with Gasteiger partial charge >= 0.3 is 6.03 Å². The first kappa shape index (κ1) is 22.9. The number of carbonyl (C=O) groups is 2. The van der Waals surface area contributed by atoms with Crippen LogP contribution >= 0.6 is 0 Å². The summed E-state index contributed by atoms with van der Waals surface area (Å²) in [6.07, 6.45) is 6.88. The second-order valence-electron chi connectivity index (χ2n) is 8.19. The number of rotatable bonds is 7. The number of carbonyl (C=O) groups excluding carboxylic acids is 2. The highest BCUT2D eigenvalue weighted by Crippen LogP contribution is 2.32. The number of pyridine rings is 1. The van der Waals surface area contributed by atoms with Gasteiger partial charge in [0.2, 0.25) is 0 Å². The van der Waals surface area contributed by atoms with Crippen LogP contribution in [-0.2, 0) is 0 Å². The smallest absolute Gasteiger partial charge is 0.323 e. The Morgan fingerprint density at radius 2 is 1.67 bits per heavy atom. The summed E-state index contributed by atoms with van der Waals surface area (Å²) in [7, 11) is 0. The Labute approximate surface area is 207 Å². The van der Waals surface area contributed by atoms with Gasteiger partial charge in [-0.3, -0.25) is 15.0 Å². The van der Waals surface area contributed by atoms with Crippen LogP contribution in [0.3, 0.4) is 0 Å². The zero-order valence-corrected chi connectivity index (χ0v) is 19.2. The van der Waals surface area contributed by atoms with Crippen LogP contribution in [0.1, 0.15) is 10.4 Å². The van der Waals surface area contributed by atoms with E-state index in [2.05, 4.69) is 20.5 Å². The maximum Gasteiger partial charge on any atom is 0.323 e. The lowest BCUT2D eigenvalue weighted by Crippen LogP contribution is -2.54. The molecule has 2 aromatic heterocycles. The molecule has 3 amide bonds. The van der Waals surface area contributed by atoms with Gasteiger partial charge in [-0.05, 0) is 60.7 Å². The van der Waals surface area contributed by atoms with Crippen molar-refractivity contribution in [3.05, 3.63) is 97.1 Å². The fourth-order valence-corrected chi connectivity index (χ4v) is 4.03. The maximum atomic E-state index is 12.3. The summed E-state index contributed by atoms with van der Waals surface area (Å²) < 4.78 is 7.93. The highest BCUT2D eigenvalue weighted by molar-refractivity contribution is 6.00. The molecule has 0 unspecified atom stereocenters. The summed E-state index contributed by atoms with van der Waals surface area (Å²) in [6.45, 7) is 1.26. The van der Waals surface area contributed by atoms with Gasteiger partial charge in [0, 0.05) is 24.3 Å². The average molecular weight is 485 g/mol. The second-order valence-corrected chi connectivity index (χ2v) is 8.19. The third-order valence-corrected chi connectivity index (χ3v) is 5.75. The Bertz CT molecular complexity index is 1340. The van der Waals surface area contributed by atoms with E-state index in [0.29, 0.717) is 41.5 Å². The molecule has 1 saturated heterocycles. The van der Waals surface area contributed by atoms with E-state index >= 15 is 0 Å². The number of urea groups is 1. The van der Waals surface area contributed by atoms with E-state index < -0.39 is 5.91 Å². The molecular weight excluding hydrogens is 460 g/mol. The van der Waals surface area contributed by atoms with Crippen molar-refractivity contribution in [1.29, 1.82) is 0 Å². The number of nitrogens with one attached hydrogen (secondary N) is 3. The molecule has 4 N–H and O–H groups in total. The molecule has 0 spiro atoms. The monoisotopic (exact) mass is 484 g/mol. The topological polar surface area (TPSA) is 121 Å². The standard InChI is InChI=1S/C26H24N6O4/c33-25(30-35)22-6-3-7-23(24(22)31-13-1-2-14-31)32-16-21(17-32)36-20-10-8-18(9-11-20)28-26(34)29-19-5-4-12-27-15-19/h1-15,21,35H,16-17H2,(H,30,33)(H2,28,29,34). The van der Waals surface area contributed by atoms with Crippen LogP contribution in [0.4, 0.5) is 21.9 Å². The van der Waals surface area contributed by atoms with E-state index in [1.165, 1.54) is 0 Å². The van der Waals surface area contributed by atoms with Gasteiger partial charge in [-0.25, -0.2) is 10.3 Å². The lowest BCUT2D eigenvalue weighted by molar-refractivity contribution is 0.0706. The van der Waals surface area contributed by atoms with Crippen molar-refractivity contribution in [3.8, 4) is 11.4 Å². The molecule has 10 nitrogen and oxygen atoms in total. The first-order valence-corrected chi connectivity index (χ1v) is 11.3. The number of anilines is 3. The van der Waals surface area contributed by atoms with Gasteiger partial charge in [0.1, 0.15) is 11.9 Å². The lowest BCUT2D eigenvalue weighted by Gasteiger charge is -2.41. The summed E-state index contributed by atoms with van der Waals surface area (Å²) in [6, 6.07) is 19.4. The SMILES string of the molecule is O=C(Nc1ccc(OC2CN(c3cccc(C(=O)NO)c3-n3cccc3)C2)cc1)Nc1cccnc1. The molecule has 2 aromatic carbocycles. The minimum absolute atomic E-state index is 0.0366. The van der Waals surface area contributed by atoms with Gasteiger partial charge in [0.15, 0.2) is 0 Å². The summed E-state index contributed by atoms with van der Waals surface area (Å²) >= 11 is 0. The van der Waals surface area contributed by atoms with E-state index in [-0.39, 0.29) is 12.1 Å². The van der Waals surface area contributed by atoms with Gasteiger partial charge in [0.05, 0.1) is 41.9 Å². The van der Waals surface area contributed by atoms with E-state index in [4.69, 9.17) is 4.74 Å². The van der Waals surface area contributed by atoms with Crippen molar-refractivity contribution in [2.75, 3.05) is 28.6 Å². The van der Waals surface area contributed by atoms with Gasteiger partial charge in [-0.1, -0.05) is 6.07 Å². The molecule has 3 heterocycles. The molecule has 36 heavy (non-hydrogen) atoms. The molecule has 0 radical (unpaired) electrons. The average Bonchev–Trinajstić information content (AvgIpc) is 3.41. The number of nitrogens with zero attached hydrogens (tertiary/aromatic N) is 3. The third-order valence-electron chi connectivity index (χ3n) is 5.75. The Kier molecular flexibility index (Phi) is 6.50. The number of benzene rings is 2. The molecule has 1 aliphatic heterocycles. The Morgan fingerprint density at radius 3 is 2.36 bits per heavy atom. The second kappa shape index (κ2) is 10.2. The summed E-state index contributed by atoms with van der Waals surface area (Å²) in [4.78, 5) is 30.5. The number of hydrogen-bond acceptors (Lipinski definition) is 6. The number of para-hydroxylation sites is 1. The zero-order valence-electron chi connectivity index (χ0n) is 19.2. The summed E-state index contributed by atoms with van der Waals surface area (Å²) in [5.74, 6) is 0.119. The van der Waals surface area contributed by atoms with Crippen molar-refractivity contribution in [1.82, 2.24) is 15.0 Å². The van der Waals surface area contributed by atoms with E-state index in [0.717, 1.165) is 5.69 Å². The lowest BCUT2D eigenvalue weighted by atomic mass is 10.0. The minimum Gasteiger partial charge on any atom is -0.487 e. The number of amides is 3. The van der Waals surface area contributed by atoms with Crippen molar-refractivity contribution in [2.45, 2.75) is 6.10 Å². The fraction of sp³-hybridized carbons (Fsp3) is 0.115. The van der Waals surface area contributed by atoms with Gasteiger partial charge < -0.3 is 24.8 Å². The number of aromatic nitrogens is 2. The highest BCUT2D eigenvalue weighted by atomic mass is 16.5. The Hall–Kier alpha value is -4.83. The molecule has 182 valence electrons. The normalized spacial score (nSPS) is 13.0. The summed E-state index contributed by atoms with van der Waals surface area (Å²) in [5.41, 5.74) is 4.89. The van der Waals surface area contributed by atoms with Gasteiger partial charge in [-0.2, -0.15) is 0 Å². The molecule has 0 aliphatic carbocycles. The number of hydrogen-bond donors (Lipinski definition) is 4. The van der Waals surface area contributed by atoms with Crippen LogP contribution in [0.5, 0.6) is 5.75 Å². The van der Waals surface area contributed by atoms with Crippen LogP contribution in [0.25, 0.3) is 5.69 Å².